The first kappa shape index (κ1) is 8.48. The number of rotatable bonds is 0. The number of aliphatic imine (C=N–C) groups is 1. The molecule has 3 nitrogen and oxygen atoms in total. The van der Waals surface area contributed by atoms with Crippen LogP contribution in [0.15, 0.2) is 21.4 Å². The molecule has 0 unspecified atom stereocenters. The number of hydrogen-bond donors (Lipinski definition) is 0. The van der Waals surface area contributed by atoms with E-state index in [2.05, 4.69) is 15.5 Å². The Morgan fingerprint density at radius 1 is 1.23 bits per heavy atom. The van der Waals surface area contributed by atoms with Crippen LogP contribution in [0.25, 0.3) is 0 Å². The second-order valence-electron chi connectivity index (χ2n) is 3.71. The maximum absolute atomic E-state index is 4.38. The first-order chi connectivity index (χ1) is 6.27. The highest BCUT2D eigenvalue weighted by Crippen LogP contribution is 2.28. The van der Waals surface area contributed by atoms with Gasteiger partial charge in [0.15, 0.2) is 5.84 Å². The van der Waals surface area contributed by atoms with E-state index >= 15 is 0 Å². The predicted octanol–water partition coefficient (Wildman–Crippen LogP) is 2.23. The van der Waals surface area contributed by atoms with Crippen molar-refractivity contribution in [1.82, 2.24) is 5.43 Å². The molecule has 69 valence electrons. The first-order valence-electron chi connectivity index (χ1n) is 4.80. The van der Waals surface area contributed by atoms with E-state index in [1.165, 1.54) is 24.1 Å². The number of amidine groups is 1. The van der Waals surface area contributed by atoms with Crippen molar-refractivity contribution < 1.29 is 0 Å². The van der Waals surface area contributed by atoms with Crippen LogP contribution in [0.2, 0.25) is 0 Å². The maximum Gasteiger partial charge on any atom is 0.179 e. The molecule has 0 saturated heterocycles. The van der Waals surface area contributed by atoms with Crippen molar-refractivity contribution in [3.05, 3.63) is 11.3 Å². The van der Waals surface area contributed by atoms with Gasteiger partial charge in [-0.1, -0.05) is 0 Å². The summed E-state index contributed by atoms with van der Waals surface area (Å²) in [4.78, 5) is 4.38. The minimum atomic E-state index is 0.856. The fourth-order valence-corrected chi connectivity index (χ4v) is 1.71. The molecule has 1 radical (unpaired) electrons. The Labute approximate surface area is 78.6 Å². The van der Waals surface area contributed by atoms with E-state index in [-0.39, 0.29) is 0 Å². The molecule has 0 aromatic heterocycles. The zero-order chi connectivity index (χ0) is 9.26. The summed E-state index contributed by atoms with van der Waals surface area (Å²) in [6.45, 7) is 3.98. The molecule has 1 aliphatic carbocycles. The van der Waals surface area contributed by atoms with Gasteiger partial charge in [-0.25, -0.2) is 4.99 Å². The Morgan fingerprint density at radius 3 is 2.77 bits per heavy atom. The molecule has 0 N–H and O–H groups in total. The molecule has 0 amide bonds. The Morgan fingerprint density at radius 2 is 2.00 bits per heavy atom. The largest absolute Gasteiger partial charge is 0.237 e. The summed E-state index contributed by atoms with van der Waals surface area (Å²) in [5.74, 6) is 0.856. The van der Waals surface area contributed by atoms with Crippen molar-refractivity contribution in [1.29, 1.82) is 0 Å². The monoisotopic (exact) mass is 176 g/mol. The molecule has 2 aliphatic rings. The summed E-state index contributed by atoms with van der Waals surface area (Å²) in [7, 11) is 0. The third kappa shape index (κ3) is 1.64. The molecule has 13 heavy (non-hydrogen) atoms. The second-order valence-corrected chi connectivity index (χ2v) is 3.71. The molecule has 0 aromatic rings. The molecule has 0 atom stereocenters. The summed E-state index contributed by atoms with van der Waals surface area (Å²) >= 11 is 0. The fraction of sp³-hybridized carbons (Fsp3) is 0.600. The topological polar surface area (TPSA) is 38.8 Å². The lowest BCUT2D eigenvalue weighted by Gasteiger charge is -2.11. The maximum atomic E-state index is 4.38. The summed E-state index contributed by atoms with van der Waals surface area (Å²) in [6, 6.07) is 0. The van der Waals surface area contributed by atoms with E-state index in [0.717, 1.165) is 24.4 Å². The molecule has 1 heterocycles. The van der Waals surface area contributed by atoms with Crippen LogP contribution in [-0.2, 0) is 0 Å². The molecule has 0 spiro atoms. The van der Waals surface area contributed by atoms with Crippen LogP contribution >= 0.6 is 0 Å². The molecule has 2 rings (SSSR count). The Balaban J connectivity index is 2.23. The van der Waals surface area contributed by atoms with E-state index in [1.54, 1.807) is 0 Å². The molecule has 0 bridgehead atoms. The molecule has 0 aromatic carbocycles. The quantitative estimate of drug-likeness (QED) is 0.508. The standard InChI is InChI=1S/C10H14N3/c1-7(2)11-10-8-5-3-4-6-9(8)12-13-10/h3-6H2,1-2H3. The highest BCUT2D eigenvalue weighted by atomic mass is 15.3. The smallest absolute Gasteiger partial charge is 0.179 e. The van der Waals surface area contributed by atoms with Crippen molar-refractivity contribution in [3.63, 3.8) is 0 Å². The van der Waals surface area contributed by atoms with E-state index in [1.807, 2.05) is 13.8 Å². The van der Waals surface area contributed by atoms with Crippen molar-refractivity contribution >= 4 is 11.5 Å². The second kappa shape index (κ2) is 3.32. The Hall–Kier alpha value is -1.12. The van der Waals surface area contributed by atoms with Gasteiger partial charge >= 0.3 is 0 Å². The molecule has 0 saturated carbocycles. The summed E-state index contributed by atoms with van der Waals surface area (Å²) in [5.41, 5.74) is 7.66. The van der Waals surface area contributed by atoms with Crippen molar-refractivity contribution in [2.75, 3.05) is 0 Å². The molecule has 0 fully saturated rings. The number of allylic oxidation sites excluding steroid dienone is 1. The third-order valence-corrected chi connectivity index (χ3v) is 2.30. The molecule has 1 aliphatic heterocycles. The van der Waals surface area contributed by atoms with Crippen LogP contribution < -0.4 is 5.43 Å². The number of nitrogens with zero attached hydrogens (tertiary/aromatic N) is 3. The average Bonchev–Trinajstić information content (AvgIpc) is 2.48. The summed E-state index contributed by atoms with van der Waals surface area (Å²) in [5, 5.41) is 4.10. The van der Waals surface area contributed by atoms with Gasteiger partial charge in [-0.05, 0) is 39.5 Å². The SMILES string of the molecule is CC(C)=NC1=N[N]C2=C1CCCC2. The van der Waals surface area contributed by atoms with Gasteiger partial charge in [-0.3, -0.25) is 0 Å². The first-order valence-corrected chi connectivity index (χ1v) is 4.80. The lowest BCUT2D eigenvalue weighted by molar-refractivity contribution is 0.652. The zero-order valence-corrected chi connectivity index (χ0v) is 8.17. The summed E-state index contributed by atoms with van der Waals surface area (Å²) < 4.78 is 0. The van der Waals surface area contributed by atoms with Gasteiger partial charge in [-0.15, -0.1) is 5.10 Å². The molecular formula is C10H14N3. The van der Waals surface area contributed by atoms with Crippen molar-refractivity contribution in [3.8, 4) is 0 Å². The van der Waals surface area contributed by atoms with E-state index in [9.17, 15) is 0 Å². The van der Waals surface area contributed by atoms with Gasteiger partial charge in [0.05, 0.1) is 5.70 Å². The average molecular weight is 176 g/mol. The van der Waals surface area contributed by atoms with Gasteiger partial charge in [0, 0.05) is 11.3 Å². The minimum absolute atomic E-state index is 0.856. The lowest BCUT2D eigenvalue weighted by atomic mass is 9.96. The molecule has 3 heteroatoms. The van der Waals surface area contributed by atoms with Crippen LogP contribution in [0.3, 0.4) is 0 Å². The van der Waals surface area contributed by atoms with E-state index in [4.69, 9.17) is 0 Å². The van der Waals surface area contributed by atoms with Gasteiger partial charge < -0.3 is 0 Å². The Kier molecular flexibility index (Phi) is 2.17. The van der Waals surface area contributed by atoms with Crippen LogP contribution in [0.5, 0.6) is 0 Å². The summed E-state index contributed by atoms with van der Waals surface area (Å²) in [6.07, 6.45) is 4.70. The van der Waals surface area contributed by atoms with Crippen LogP contribution in [0.1, 0.15) is 39.5 Å². The van der Waals surface area contributed by atoms with E-state index < -0.39 is 0 Å². The highest BCUT2D eigenvalue weighted by molar-refractivity contribution is 6.07. The zero-order valence-electron chi connectivity index (χ0n) is 8.17. The van der Waals surface area contributed by atoms with Gasteiger partial charge in [0.1, 0.15) is 0 Å². The van der Waals surface area contributed by atoms with Gasteiger partial charge in [-0.2, -0.15) is 5.43 Å². The van der Waals surface area contributed by atoms with Crippen LogP contribution in [0.4, 0.5) is 0 Å². The van der Waals surface area contributed by atoms with Crippen LogP contribution in [-0.4, -0.2) is 11.5 Å². The lowest BCUT2D eigenvalue weighted by Crippen LogP contribution is -2.05. The van der Waals surface area contributed by atoms with E-state index in [0.29, 0.717) is 0 Å². The van der Waals surface area contributed by atoms with Gasteiger partial charge in [0.2, 0.25) is 0 Å². The van der Waals surface area contributed by atoms with Crippen molar-refractivity contribution in [2.45, 2.75) is 39.5 Å². The number of hydrogen-bond acceptors (Lipinski definition) is 2. The predicted molar refractivity (Wildman–Crippen MR) is 53.8 cm³/mol. The third-order valence-electron chi connectivity index (χ3n) is 2.30. The van der Waals surface area contributed by atoms with Crippen LogP contribution in [0, 0.1) is 0 Å². The normalized spacial score (nSPS) is 20.6. The fourth-order valence-electron chi connectivity index (χ4n) is 1.71. The highest BCUT2D eigenvalue weighted by Gasteiger charge is 2.23. The Bertz CT molecular complexity index is 306. The minimum Gasteiger partial charge on any atom is -0.237 e. The van der Waals surface area contributed by atoms with Crippen molar-refractivity contribution in [2.24, 2.45) is 10.1 Å². The molecular weight excluding hydrogens is 162 g/mol. The van der Waals surface area contributed by atoms with Gasteiger partial charge in [0.25, 0.3) is 0 Å².